The first-order valence-corrected chi connectivity index (χ1v) is 8.92. The Labute approximate surface area is 185 Å². The molecule has 9 heteroatoms. The average Bonchev–Trinajstić information content (AvgIpc) is 3.06. The number of hydrogen-bond acceptors (Lipinski definition) is 3. The number of nitrogens with zero attached hydrogens (tertiary/aromatic N) is 2. The number of rotatable bonds is 6. The van der Waals surface area contributed by atoms with E-state index in [2.05, 4.69) is 20.4 Å². The minimum atomic E-state index is -2.88. The number of carbonyl (C=O) groups excluding carboxylic acids is 1. The second-order valence-electron chi connectivity index (χ2n) is 6.30. The van der Waals surface area contributed by atoms with Crippen LogP contribution in [0.1, 0.15) is 12.0 Å². The van der Waals surface area contributed by atoms with Gasteiger partial charge in [-0.1, -0.05) is 36.4 Å². The van der Waals surface area contributed by atoms with Crippen molar-refractivity contribution in [3.63, 3.8) is 0 Å². The van der Waals surface area contributed by atoms with Gasteiger partial charge in [0.1, 0.15) is 5.75 Å². The number of aliphatic imine (C=N–C) groups is 1. The fourth-order valence-electron chi connectivity index (χ4n) is 3.09. The number of alkyl halides is 2. The molecule has 1 unspecified atom stereocenters. The van der Waals surface area contributed by atoms with Crippen molar-refractivity contribution in [1.82, 2.24) is 10.6 Å². The molecule has 1 aliphatic rings. The standard InChI is InChI=1S/C20H22F2N4O2.HI/c1-23-20(24-12-14-7-5-6-10-17(14)28-19(21)22)25-15-11-18(27)26(13-15)16-8-3-2-4-9-16;/h2-10,15,19H,11-13H2,1H3,(H2,23,24,25);1H. The second-order valence-corrected chi connectivity index (χ2v) is 6.30. The van der Waals surface area contributed by atoms with Gasteiger partial charge in [-0.25, -0.2) is 0 Å². The minimum Gasteiger partial charge on any atom is -0.434 e. The van der Waals surface area contributed by atoms with Crippen molar-refractivity contribution in [3.8, 4) is 5.75 Å². The molecule has 2 aromatic carbocycles. The molecule has 0 saturated carbocycles. The molecule has 0 aromatic heterocycles. The number of anilines is 1. The van der Waals surface area contributed by atoms with Crippen LogP contribution in [0.4, 0.5) is 14.5 Å². The van der Waals surface area contributed by atoms with Gasteiger partial charge in [-0.15, -0.1) is 24.0 Å². The Morgan fingerprint density at radius 1 is 1.21 bits per heavy atom. The zero-order valence-electron chi connectivity index (χ0n) is 15.8. The van der Waals surface area contributed by atoms with Crippen molar-refractivity contribution >= 4 is 41.5 Å². The van der Waals surface area contributed by atoms with Gasteiger partial charge < -0.3 is 20.3 Å². The maximum atomic E-state index is 12.5. The Morgan fingerprint density at radius 3 is 2.59 bits per heavy atom. The highest BCUT2D eigenvalue weighted by Gasteiger charge is 2.31. The highest BCUT2D eigenvalue weighted by molar-refractivity contribution is 14.0. The van der Waals surface area contributed by atoms with Gasteiger partial charge in [0.2, 0.25) is 5.91 Å². The van der Waals surface area contributed by atoms with Gasteiger partial charge in [-0.05, 0) is 18.2 Å². The SMILES string of the molecule is CN=C(NCc1ccccc1OC(F)F)NC1CC(=O)N(c2ccccc2)C1.I. The van der Waals surface area contributed by atoms with Crippen LogP contribution in [0.25, 0.3) is 0 Å². The summed E-state index contributed by atoms with van der Waals surface area (Å²) in [6.07, 6.45) is 0.348. The average molecular weight is 516 g/mol. The number of hydrogen-bond donors (Lipinski definition) is 2. The molecule has 2 N–H and O–H groups in total. The molecule has 1 aliphatic heterocycles. The normalized spacial score (nSPS) is 16.6. The monoisotopic (exact) mass is 516 g/mol. The predicted molar refractivity (Wildman–Crippen MR) is 119 cm³/mol. The van der Waals surface area contributed by atoms with Crippen LogP contribution in [-0.4, -0.2) is 38.1 Å². The molecule has 1 amide bonds. The van der Waals surface area contributed by atoms with E-state index in [1.165, 1.54) is 6.07 Å². The number of carbonyl (C=O) groups is 1. The fourth-order valence-corrected chi connectivity index (χ4v) is 3.09. The zero-order valence-corrected chi connectivity index (χ0v) is 18.2. The summed E-state index contributed by atoms with van der Waals surface area (Å²) >= 11 is 0. The molecule has 0 radical (unpaired) electrons. The Kier molecular flexibility index (Phi) is 8.62. The number of benzene rings is 2. The molecule has 1 atom stereocenters. The van der Waals surface area contributed by atoms with Gasteiger partial charge in [0.05, 0.1) is 6.04 Å². The molecule has 6 nitrogen and oxygen atoms in total. The number of amides is 1. The van der Waals surface area contributed by atoms with Crippen molar-refractivity contribution in [2.45, 2.75) is 25.6 Å². The summed E-state index contributed by atoms with van der Waals surface area (Å²) in [5.41, 5.74) is 1.44. The Hall–Kier alpha value is -2.43. The van der Waals surface area contributed by atoms with E-state index >= 15 is 0 Å². The molecule has 0 bridgehead atoms. The largest absolute Gasteiger partial charge is 0.434 e. The Morgan fingerprint density at radius 2 is 1.90 bits per heavy atom. The van der Waals surface area contributed by atoms with Crippen molar-refractivity contribution in [2.75, 3.05) is 18.5 Å². The summed E-state index contributed by atoms with van der Waals surface area (Å²) in [4.78, 5) is 18.2. The molecule has 3 rings (SSSR count). The molecule has 1 fully saturated rings. The van der Waals surface area contributed by atoms with Gasteiger partial charge in [0.25, 0.3) is 0 Å². The first kappa shape index (κ1) is 22.9. The summed E-state index contributed by atoms with van der Waals surface area (Å²) in [6.45, 7) is -2.10. The first-order valence-electron chi connectivity index (χ1n) is 8.92. The van der Waals surface area contributed by atoms with Crippen LogP contribution in [-0.2, 0) is 11.3 Å². The number of nitrogens with one attached hydrogen (secondary N) is 2. The van der Waals surface area contributed by atoms with Crippen LogP contribution < -0.4 is 20.3 Å². The van der Waals surface area contributed by atoms with E-state index in [1.807, 2.05) is 30.3 Å². The van der Waals surface area contributed by atoms with E-state index in [1.54, 1.807) is 30.1 Å². The van der Waals surface area contributed by atoms with Gasteiger partial charge in [-0.2, -0.15) is 8.78 Å². The van der Waals surface area contributed by atoms with Crippen LogP contribution >= 0.6 is 24.0 Å². The maximum Gasteiger partial charge on any atom is 0.387 e. The van der Waals surface area contributed by atoms with E-state index in [-0.39, 0.29) is 48.2 Å². The lowest BCUT2D eigenvalue weighted by Gasteiger charge is -2.19. The third-order valence-corrected chi connectivity index (χ3v) is 4.39. The molecule has 1 saturated heterocycles. The molecule has 2 aromatic rings. The smallest absolute Gasteiger partial charge is 0.387 e. The topological polar surface area (TPSA) is 66.0 Å². The van der Waals surface area contributed by atoms with Gasteiger partial charge in [-0.3, -0.25) is 9.79 Å². The van der Waals surface area contributed by atoms with Crippen LogP contribution in [0, 0.1) is 0 Å². The molecular weight excluding hydrogens is 493 g/mol. The third-order valence-electron chi connectivity index (χ3n) is 4.39. The van der Waals surface area contributed by atoms with E-state index in [0.29, 0.717) is 24.5 Å². The van der Waals surface area contributed by atoms with Crippen LogP contribution in [0.15, 0.2) is 59.6 Å². The predicted octanol–water partition coefficient (Wildman–Crippen LogP) is 3.38. The van der Waals surface area contributed by atoms with E-state index in [9.17, 15) is 13.6 Å². The lowest BCUT2D eigenvalue weighted by Crippen LogP contribution is -2.44. The van der Waals surface area contributed by atoms with Gasteiger partial charge in [0, 0.05) is 37.8 Å². The third kappa shape index (κ3) is 6.28. The first-order chi connectivity index (χ1) is 13.6. The van der Waals surface area contributed by atoms with Crippen molar-refractivity contribution < 1.29 is 18.3 Å². The summed E-state index contributed by atoms with van der Waals surface area (Å²) in [5.74, 6) is 0.640. The van der Waals surface area contributed by atoms with Crippen LogP contribution in [0.5, 0.6) is 5.75 Å². The summed E-state index contributed by atoms with van der Waals surface area (Å²) in [5, 5.41) is 6.29. The molecule has 0 aliphatic carbocycles. The van der Waals surface area contributed by atoms with Crippen molar-refractivity contribution in [3.05, 3.63) is 60.2 Å². The fraction of sp³-hybridized carbons (Fsp3) is 0.300. The minimum absolute atomic E-state index is 0. The highest BCUT2D eigenvalue weighted by atomic mass is 127. The number of para-hydroxylation sites is 2. The van der Waals surface area contributed by atoms with E-state index in [4.69, 9.17) is 0 Å². The number of ether oxygens (including phenoxy) is 1. The lowest BCUT2D eigenvalue weighted by atomic mass is 10.2. The molecule has 156 valence electrons. The molecular formula is C20H23F2IN4O2. The lowest BCUT2D eigenvalue weighted by molar-refractivity contribution is -0.117. The number of halogens is 3. The van der Waals surface area contributed by atoms with Crippen LogP contribution in [0.2, 0.25) is 0 Å². The molecule has 0 spiro atoms. The van der Waals surface area contributed by atoms with E-state index < -0.39 is 6.61 Å². The Bertz CT molecular complexity index is 836. The second kappa shape index (κ2) is 10.9. The number of guanidine groups is 1. The molecule has 1 heterocycles. The summed E-state index contributed by atoms with van der Waals surface area (Å²) in [6, 6.07) is 16.0. The maximum absolute atomic E-state index is 12.5. The van der Waals surface area contributed by atoms with Crippen molar-refractivity contribution in [1.29, 1.82) is 0 Å². The summed E-state index contributed by atoms with van der Waals surface area (Å²) in [7, 11) is 1.61. The van der Waals surface area contributed by atoms with Crippen LogP contribution in [0.3, 0.4) is 0 Å². The zero-order chi connectivity index (χ0) is 19.9. The quantitative estimate of drug-likeness (QED) is 0.351. The Balaban J connectivity index is 0.00000300. The van der Waals surface area contributed by atoms with E-state index in [0.717, 1.165) is 5.69 Å². The summed E-state index contributed by atoms with van der Waals surface area (Å²) < 4.78 is 29.6. The van der Waals surface area contributed by atoms with Gasteiger partial charge in [0.15, 0.2) is 5.96 Å². The molecule has 29 heavy (non-hydrogen) atoms. The van der Waals surface area contributed by atoms with Gasteiger partial charge >= 0.3 is 6.61 Å². The highest BCUT2D eigenvalue weighted by Crippen LogP contribution is 2.22. The van der Waals surface area contributed by atoms with Crippen molar-refractivity contribution in [2.24, 2.45) is 4.99 Å².